The third-order valence-electron chi connectivity index (χ3n) is 9.23. The molecular formula is C38H41Cl3N4O8. The van der Waals surface area contributed by atoms with Crippen LogP contribution in [0, 0.1) is 11.3 Å². The first kappa shape index (κ1) is 40.4. The number of aliphatic carboxylic acids is 1. The van der Waals surface area contributed by atoms with Gasteiger partial charge in [-0.25, -0.2) is 0 Å². The Morgan fingerprint density at radius 3 is 2.53 bits per heavy atom. The molecule has 1 aliphatic carbocycles. The predicted molar refractivity (Wildman–Crippen MR) is 200 cm³/mol. The van der Waals surface area contributed by atoms with Gasteiger partial charge >= 0.3 is 5.97 Å². The van der Waals surface area contributed by atoms with E-state index in [1.807, 2.05) is 47.4 Å². The normalized spacial score (nSPS) is 22.1. The minimum atomic E-state index is -1.65. The minimum Gasteiger partial charge on any atom is -0.488 e. The van der Waals surface area contributed by atoms with Crippen molar-refractivity contribution < 1.29 is 39.4 Å². The summed E-state index contributed by atoms with van der Waals surface area (Å²) in [5.41, 5.74) is -0.281. The number of halogens is 3. The van der Waals surface area contributed by atoms with Gasteiger partial charge in [0, 0.05) is 62.4 Å². The molecule has 1 aliphatic heterocycles. The highest BCUT2D eigenvalue weighted by Crippen LogP contribution is 2.50. The monoisotopic (exact) mass is 786 g/mol. The number of benzene rings is 2. The van der Waals surface area contributed by atoms with Gasteiger partial charge in [0.1, 0.15) is 36.3 Å². The summed E-state index contributed by atoms with van der Waals surface area (Å²) in [6.07, 6.45) is 7.28. The standard InChI is InChI=1S/C38H41Cl3N4O8/c1-36(23-46,35(49)50)44-19-28-14-30(39)34(15-33(28)51-22-26-13-25(16-42)17-43-18-26)52-24-37(53-12-6-11-45-20-31(47)32(48)21-45)10-5-9-29(38(37,40)41)27-7-3-2-4-8-27/h2-5,7-10,13-15,17-18,31-32,44,46-48H,6,11-12,19-24H2,1H3,(H,49,50)/t31-,32-,36?,37?/m1/s1. The molecule has 12 nitrogen and oxygen atoms in total. The zero-order chi connectivity index (χ0) is 38.2. The Labute approximate surface area is 322 Å². The molecule has 3 aromatic rings. The van der Waals surface area contributed by atoms with Gasteiger partial charge in [-0.3, -0.25) is 20.0 Å². The van der Waals surface area contributed by atoms with E-state index in [0.29, 0.717) is 48.3 Å². The van der Waals surface area contributed by atoms with Crippen LogP contribution in [-0.2, 0) is 22.7 Å². The van der Waals surface area contributed by atoms with Crippen LogP contribution in [0.5, 0.6) is 11.5 Å². The third-order valence-corrected chi connectivity index (χ3v) is 10.6. The van der Waals surface area contributed by atoms with Crippen molar-refractivity contribution in [1.82, 2.24) is 15.2 Å². The molecule has 2 aromatic carbocycles. The van der Waals surface area contributed by atoms with Crippen LogP contribution >= 0.6 is 34.8 Å². The lowest BCUT2D eigenvalue weighted by Crippen LogP contribution is -2.53. The van der Waals surface area contributed by atoms with Crippen LogP contribution in [0.25, 0.3) is 5.57 Å². The highest BCUT2D eigenvalue weighted by Gasteiger charge is 2.54. The van der Waals surface area contributed by atoms with E-state index in [2.05, 4.69) is 10.3 Å². The molecule has 1 fully saturated rings. The number of likely N-dealkylation sites (tertiary alicyclic amines) is 1. The molecule has 2 unspecified atom stereocenters. The van der Waals surface area contributed by atoms with E-state index < -0.39 is 40.3 Å². The van der Waals surface area contributed by atoms with Crippen LogP contribution in [-0.4, -0.2) is 103 Å². The first-order valence-electron chi connectivity index (χ1n) is 16.9. The molecule has 1 saturated heterocycles. The second-order valence-electron chi connectivity index (χ2n) is 13.2. The first-order valence-corrected chi connectivity index (χ1v) is 18.0. The van der Waals surface area contributed by atoms with Crippen molar-refractivity contribution in [1.29, 1.82) is 5.26 Å². The fraction of sp³-hybridized carbons (Fsp3) is 0.395. The number of hydrogen-bond acceptors (Lipinski definition) is 11. The Balaban J connectivity index is 1.42. The average Bonchev–Trinajstić information content (AvgIpc) is 3.48. The number of rotatable bonds is 17. The van der Waals surface area contributed by atoms with Crippen LogP contribution in [0.2, 0.25) is 5.02 Å². The number of carbonyl (C=O) groups is 1. The lowest BCUT2D eigenvalue weighted by molar-refractivity contribution is -0.145. The van der Waals surface area contributed by atoms with Crippen molar-refractivity contribution in [3.8, 4) is 17.6 Å². The molecule has 4 atom stereocenters. The fourth-order valence-corrected chi connectivity index (χ4v) is 6.87. The zero-order valence-electron chi connectivity index (χ0n) is 28.9. The largest absolute Gasteiger partial charge is 0.488 e. The molecule has 15 heteroatoms. The molecule has 0 saturated carbocycles. The predicted octanol–water partition coefficient (Wildman–Crippen LogP) is 4.50. The summed E-state index contributed by atoms with van der Waals surface area (Å²) >= 11 is 21.3. The number of nitriles is 1. The van der Waals surface area contributed by atoms with Crippen LogP contribution < -0.4 is 14.8 Å². The Kier molecular flexibility index (Phi) is 13.4. The number of pyridine rings is 1. The number of β-amino-alcohol motifs (C(OH)–C–C–N with tert-alkyl or cyclic N) is 2. The average molecular weight is 788 g/mol. The van der Waals surface area contributed by atoms with Crippen LogP contribution in [0.3, 0.4) is 0 Å². The van der Waals surface area contributed by atoms with Crippen LogP contribution in [0.15, 0.2) is 79.2 Å². The molecule has 0 spiro atoms. The Hall–Kier alpha value is -3.74. The third kappa shape index (κ3) is 9.50. The van der Waals surface area contributed by atoms with Gasteiger partial charge in [-0.2, -0.15) is 5.26 Å². The summed E-state index contributed by atoms with van der Waals surface area (Å²) < 4.78 is 17.4. The van der Waals surface area contributed by atoms with Gasteiger partial charge in [-0.1, -0.05) is 77.3 Å². The number of aromatic nitrogens is 1. The first-order chi connectivity index (χ1) is 25.3. The molecule has 1 aromatic heterocycles. The van der Waals surface area contributed by atoms with Crippen molar-refractivity contribution in [2.45, 2.75) is 54.2 Å². The van der Waals surface area contributed by atoms with Gasteiger partial charge in [-0.05, 0) is 42.7 Å². The van der Waals surface area contributed by atoms with Crippen molar-refractivity contribution in [3.63, 3.8) is 0 Å². The molecule has 0 bridgehead atoms. The summed E-state index contributed by atoms with van der Waals surface area (Å²) in [6, 6.07) is 16.2. The quantitative estimate of drug-likeness (QED) is 0.0958. The SMILES string of the molecule is CC(CO)(NCc1cc(Cl)c(OCC2(OCCCN3C[C@@H](O)[C@H](O)C3)C=CC=C(c3ccccc3)C2(Cl)Cl)cc1OCc1cncc(C#N)c1)C(=O)O. The van der Waals surface area contributed by atoms with Crippen molar-refractivity contribution in [2.24, 2.45) is 0 Å². The van der Waals surface area contributed by atoms with Gasteiger partial charge in [0.15, 0.2) is 9.93 Å². The molecule has 0 radical (unpaired) electrons. The van der Waals surface area contributed by atoms with E-state index in [0.717, 1.165) is 5.56 Å². The molecule has 5 N–H and O–H groups in total. The molecule has 53 heavy (non-hydrogen) atoms. The number of hydrogen-bond donors (Lipinski definition) is 5. The highest BCUT2D eigenvalue weighted by molar-refractivity contribution is 6.55. The molecule has 0 amide bonds. The van der Waals surface area contributed by atoms with Gasteiger partial charge in [0.25, 0.3) is 0 Å². The number of nitrogens with zero attached hydrogens (tertiary/aromatic N) is 3. The van der Waals surface area contributed by atoms with Gasteiger partial charge in [0.2, 0.25) is 0 Å². The van der Waals surface area contributed by atoms with Gasteiger partial charge in [0.05, 0.1) is 29.4 Å². The topological polar surface area (TPSA) is 178 Å². The van der Waals surface area contributed by atoms with E-state index in [9.17, 15) is 30.5 Å². The van der Waals surface area contributed by atoms with Crippen molar-refractivity contribution >= 4 is 46.3 Å². The highest BCUT2D eigenvalue weighted by atomic mass is 35.5. The Morgan fingerprint density at radius 2 is 1.85 bits per heavy atom. The van der Waals surface area contributed by atoms with E-state index in [1.54, 1.807) is 36.5 Å². The number of carboxylic acids is 1. The molecule has 5 rings (SSSR count). The fourth-order valence-electron chi connectivity index (χ4n) is 5.95. The lowest BCUT2D eigenvalue weighted by atomic mass is 9.85. The maximum atomic E-state index is 11.9. The van der Waals surface area contributed by atoms with Crippen molar-refractivity contribution in [3.05, 3.63) is 106 Å². The number of carboxylic acid groups (broad SMARTS) is 1. The van der Waals surface area contributed by atoms with Crippen LogP contribution in [0.1, 0.15) is 35.6 Å². The summed E-state index contributed by atoms with van der Waals surface area (Å²) in [5.74, 6) is -0.778. The zero-order valence-corrected chi connectivity index (χ0v) is 31.2. The van der Waals surface area contributed by atoms with E-state index in [1.165, 1.54) is 13.1 Å². The number of alkyl halides is 2. The number of aliphatic hydroxyl groups is 3. The van der Waals surface area contributed by atoms with E-state index >= 15 is 0 Å². The molecule has 282 valence electrons. The summed E-state index contributed by atoms with van der Waals surface area (Å²) in [5, 5.41) is 51.7. The van der Waals surface area contributed by atoms with Crippen molar-refractivity contribution in [2.75, 3.05) is 39.5 Å². The number of aliphatic hydroxyl groups excluding tert-OH is 3. The molecular weight excluding hydrogens is 747 g/mol. The van der Waals surface area contributed by atoms with Gasteiger partial charge in [-0.15, -0.1) is 0 Å². The van der Waals surface area contributed by atoms with E-state index in [4.69, 9.17) is 49.0 Å². The summed E-state index contributed by atoms with van der Waals surface area (Å²) in [6.45, 7) is 1.91. The number of allylic oxidation sites excluding steroid dienone is 2. The Bertz CT molecular complexity index is 1850. The van der Waals surface area contributed by atoms with Crippen LogP contribution in [0.4, 0.5) is 0 Å². The summed E-state index contributed by atoms with van der Waals surface area (Å²) in [4.78, 5) is 17.9. The minimum absolute atomic E-state index is 0.00531. The lowest BCUT2D eigenvalue weighted by Gasteiger charge is -2.43. The van der Waals surface area contributed by atoms with Gasteiger partial charge < -0.3 is 34.6 Å². The number of ether oxygens (including phenoxy) is 3. The maximum Gasteiger partial charge on any atom is 0.326 e. The van der Waals surface area contributed by atoms with E-state index in [-0.39, 0.29) is 42.9 Å². The second-order valence-corrected chi connectivity index (χ2v) is 14.9. The second kappa shape index (κ2) is 17.6. The smallest absolute Gasteiger partial charge is 0.326 e. The summed E-state index contributed by atoms with van der Waals surface area (Å²) in [7, 11) is 0. The number of nitrogens with one attached hydrogen (secondary N) is 1. The maximum absolute atomic E-state index is 11.9. The molecule has 2 heterocycles. The molecule has 2 aliphatic rings. The Morgan fingerprint density at radius 1 is 1.11 bits per heavy atom.